The van der Waals surface area contributed by atoms with Gasteiger partial charge in [-0.1, -0.05) is 19.1 Å². The second-order valence-electron chi connectivity index (χ2n) is 4.73. The highest BCUT2D eigenvalue weighted by Crippen LogP contribution is 2.10. The Morgan fingerprint density at radius 2 is 2.10 bits per heavy atom. The average molecular weight is 312 g/mol. The van der Waals surface area contributed by atoms with Crippen LogP contribution < -0.4 is 15.4 Å². The topological polar surface area (TPSA) is 82.6 Å². The first-order chi connectivity index (χ1) is 9.92. The maximum absolute atomic E-state index is 11.8. The predicted octanol–water partition coefficient (Wildman–Crippen LogP) is 1.06. The van der Waals surface area contributed by atoms with Crippen LogP contribution in [0.3, 0.4) is 0 Å². The van der Waals surface area contributed by atoms with Crippen LogP contribution in [0, 0.1) is 0 Å². The third-order valence-corrected chi connectivity index (χ3v) is 4.57. The van der Waals surface area contributed by atoms with Crippen molar-refractivity contribution in [2.45, 2.75) is 37.8 Å². The molecule has 7 heteroatoms. The lowest BCUT2D eigenvalue weighted by Gasteiger charge is -2.16. The maximum Gasteiger partial charge on any atom is 0.240 e. The molecular weight excluding hydrogens is 288 g/mol. The van der Waals surface area contributed by atoms with Crippen molar-refractivity contribution in [2.75, 3.05) is 14.1 Å². The van der Waals surface area contributed by atoms with E-state index in [0.717, 1.165) is 12.0 Å². The number of guanidine groups is 1. The SMILES string of the molecule is CCC(C)NC(=NC)NCc1cccc(S(=O)(=O)NC)c1. The molecule has 0 aromatic heterocycles. The van der Waals surface area contributed by atoms with Crippen LogP contribution in [0.4, 0.5) is 0 Å². The van der Waals surface area contributed by atoms with Crippen LogP contribution in [0.1, 0.15) is 25.8 Å². The molecule has 0 amide bonds. The zero-order valence-corrected chi connectivity index (χ0v) is 13.8. The van der Waals surface area contributed by atoms with Gasteiger partial charge >= 0.3 is 0 Å². The van der Waals surface area contributed by atoms with Crippen molar-refractivity contribution in [3.63, 3.8) is 0 Å². The van der Waals surface area contributed by atoms with Gasteiger partial charge in [0.2, 0.25) is 10.0 Å². The molecule has 0 bridgehead atoms. The minimum Gasteiger partial charge on any atom is -0.354 e. The molecular formula is C14H24N4O2S. The normalized spacial score (nSPS) is 13.8. The fraction of sp³-hybridized carbons (Fsp3) is 0.500. The molecule has 6 nitrogen and oxygen atoms in total. The smallest absolute Gasteiger partial charge is 0.240 e. The first kappa shape index (κ1) is 17.5. The summed E-state index contributed by atoms with van der Waals surface area (Å²) >= 11 is 0. The summed E-state index contributed by atoms with van der Waals surface area (Å²) in [6.45, 7) is 4.67. The standard InChI is InChI=1S/C14H24N4O2S/c1-5-11(2)18-14(15-3)17-10-12-7-6-8-13(9-12)21(19,20)16-4/h6-9,11,16H,5,10H2,1-4H3,(H2,15,17,18). The number of nitrogens with zero attached hydrogens (tertiary/aromatic N) is 1. The van der Waals surface area contributed by atoms with Crippen molar-refractivity contribution >= 4 is 16.0 Å². The van der Waals surface area contributed by atoms with Gasteiger partial charge in [-0.2, -0.15) is 0 Å². The van der Waals surface area contributed by atoms with E-state index in [9.17, 15) is 8.42 Å². The van der Waals surface area contributed by atoms with E-state index in [1.165, 1.54) is 7.05 Å². The highest BCUT2D eigenvalue weighted by molar-refractivity contribution is 7.89. The molecule has 1 unspecified atom stereocenters. The van der Waals surface area contributed by atoms with E-state index in [2.05, 4.69) is 34.2 Å². The van der Waals surface area contributed by atoms with Gasteiger partial charge in [-0.15, -0.1) is 0 Å². The maximum atomic E-state index is 11.8. The summed E-state index contributed by atoms with van der Waals surface area (Å²) in [5.41, 5.74) is 0.874. The Hall–Kier alpha value is -1.60. The summed E-state index contributed by atoms with van der Waals surface area (Å²) in [4.78, 5) is 4.40. The van der Waals surface area contributed by atoms with Gasteiger partial charge in [-0.3, -0.25) is 4.99 Å². The molecule has 0 aliphatic heterocycles. The summed E-state index contributed by atoms with van der Waals surface area (Å²) in [5.74, 6) is 0.700. The minimum atomic E-state index is -3.41. The number of hydrogen-bond donors (Lipinski definition) is 3. The Bertz CT molecular complexity index is 584. The first-order valence-corrected chi connectivity index (χ1v) is 8.41. The van der Waals surface area contributed by atoms with Crippen LogP contribution in [-0.4, -0.2) is 34.5 Å². The van der Waals surface area contributed by atoms with Gasteiger partial charge < -0.3 is 10.6 Å². The number of benzene rings is 1. The highest BCUT2D eigenvalue weighted by atomic mass is 32.2. The molecule has 0 aliphatic carbocycles. The highest BCUT2D eigenvalue weighted by Gasteiger charge is 2.11. The van der Waals surface area contributed by atoms with E-state index in [-0.39, 0.29) is 4.90 Å². The molecule has 0 saturated heterocycles. The van der Waals surface area contributed by atoms with E-state index >= 15 is 0 Å². The molecule has 3 N–H and O–H groups in total. The number of hydrogen-bond acceptors (Lipinski definition) is 3. The summed E-state index contributed by atoms with van der Waals surface area (Å²) < 4.78 is 25.8. The Labute approximate surface area is 127 Å². The number of nitrogens with one attached hydrogen (secondary N) is 3. The Morgan fingerprint density at radius 1 is 1.38 bits per heavy atom. The summed E-state index contributed by atoms with van der Waals surface area (Å²) in [6.07, 6.45) is 0.997. The van der Waals surface area contributed by atoms with Crippen molar-refractivity contribution in [3.8, 4) is 0 Å². The lowest BCUT2D eigenvalue weighted by atomic mass is 10.2. The molecule has 1 atom stereocenters. The third-order valence-electron chi connectivity index (χ3n) is 3.16. The molecule has 0 heterocycles. The Balaban J connectivity index is 2.74. The average Bonchev–Trinajstić information content (AvgIpc) is 2.51. The van der Waals surface area contributed by atoms with Crippen LogP contribution in [0.15, 0.2) is 34.2 Å². The van der Waals surface area contributed by atoms with Crippen LogP contribution in [-0.2, 0) is 16.6 Å². The molecule has 0 aliphatic rings. The molecule has 1 aromatic carbocycles. The van der Waals surface area contributed by atoms with Gasteiger partial charge in [0.1, 0.15) is 0 Å². The van der Waals surface area contributed by atoms with Crippen LogP contribution >= 0.6 is 0 Å². The molecule has 21 heavy (non-hydrogen) atoms. The van der Waals surface area contributed by atoms with Crippen LogP contribution in [0.25, 0.3) is 0 Å². The summed E-state index contributed by atoms with van der Waals surface area (Å²) in [7, 11) is -0.303. The second kappa shape index (κ2) is 7.99. The Kier molecular flexibility index (Phi) is 6.64. The first-order valence-electron chi connectivity index (χ1n) is 6.92. The second-order valence-corrected chi connectivity index (χ2v) is 6.62. The van der Waals surface area contributed by atoms with Crippen molar-refractivity contribution in [3.05, 3.63) is 29.8 Å². The third kappa shape index (κ3) is 5.35. The van der Waals surface area contributed by atoms with Gasteiger partial charge in [0.15, 0.2) is 5.96 Å². The van der Waals surface area contributed by atoms with Gasteiger partial charge in [0, 0.05) is 19.6 Å². The summed E-state index contributed by atoms with van der Waals surface area (Å²) in [5, 5.41) is 6.42. The van der Waals surface area contributed by atoms with Crippen molar-refractivity contribution < 1.29 is 8.42 Å². The van der Waals surface area contributed by atoms with Gasteiger partial charge in [-0.05, 0) is 38.1 Å². The van der Waals surface area contributed by atoms with Crippen LogP contribution in [0.5, 0.6) is 0 Å². The van der Waals surface area contributed by atoms with Crippen LogP contribution in [0.2, 0.25) is 0 Å². The molecule has 1 rings (SSSR count). The van der Waals surface area contributed by atoms with E-state index in [1.807, 2.05) is 6.07 Å². The van der Waals surface area contributed by atoms with Gasteiger partial charge in [0.05, 0.1) is 4.90 Å². The van der Waals surface area contributed by atoms with E-state index in [1.54, 1.807) is 25.2 Å². The van der Waals surface area contributed by atoms with Gasteiger partial charge in [-0.25, -0.2) is 13.1 Å². The lowest BCUT2D eigenvalue weighted by molar-refractivity contribution is 0.588. The predicted molar refractivity (Wildman–Crippen MR) is 85.8 cm³/mol. The minimum absolute atomic E-state index is 0.258. The number of aliphatic imine (C=N–C) groups is 1. The van der Waals surface area contributed by atoms with E-state index in [0.29, 0.717) is 18.5 Å². The zero-order chi connectivity index (χ0) is 15.9. The van der Waals surface area contributed by atoms with E-state index in [4.69, 9.17) is 0 Å². The molecule has 1 aromatic rings. The quantitative estimate of drug-likeness (QED) is 0.542. The van der Waals surface area contributed by atoms with E-state index < -0.39 is 10.0 Å². The zero-order valence-electron chi connectivity index (χ0n) is 13.0. The number of rotatable bonds is 6. The lowest BCUT2D eigenvalue weighted by Crippen LogP contribution is -2.41. The van der Waals surface area contributed by atoms with Crippen molar-refractivity contribution in [1.82, 2.24) is 15.4 Å². The van der Waals surface area contributed by atoms with Crippen molar-refractivity contribution in [2.24, 2.45) is 4.99 Å². The van der Waals surface area contributed by atoms with Crippen molar-refractivity contribution in [1.29, 1.82) is 0 Å². The molecule has 0 saturated carbocycles. The monoisotopic (exact) mass is 312 g/mol. The molecule has 0 spiro atoms. The fourth-order valence-corrected chi connectivity index (χ4v) is 2.46. The van der Waals surface area contributed by atoms with Gasteiger partial charge in [0.25, 0.3) is 0 Å². The number of sulfonamides is 1. The molecule has 118 valence electrons. The fourth-order valence-electron chi connectivity index (χ4n) is 1.66. The molecule has 0 radical (unpaired) electrons. The Morgan fingerprint density at radius 3 is 2.67 bits per heavy atom. The molecule has 0 fully saturated rings. The summed E-state index contributed by atoms with van der Waals surface area (Å²) in [6, 6.07) is 7.15. The largest absolute Gasteiger partial charge is 0.354 e.